The first-order valence-electron chi connectivity index (χ1n) is 6.94. The highest BCUT2D eigenvalue weighted by Crippen LogP contribution is 2.14. The van der Waals surface area contributed by atoms with Crippen LogP contribution in [-0.2, 0) is 6.54 Å². The Balaban J connectivity index is 2.19. The molecule has 0 spiro atoms. The number of hydrogen-bond acceptors (Lipinski definition) is 2. The zero-order valence-corrected chi connectivity index (χ0v) is 12.0. The molecule has 4 heteroatoms. The van der Waals surface area contributed by atoms with E-state index in [-0.39, 0.29) is 22.6 Å². The Bertz CT molecular complexity index is 911. The third-order valence-electron chi connectivity index (χ3n) is 3.63. The molecule has 0 bridgehead atoms. The topological polar surface area (TPSA) is 39.1 Å². The summed E-state index contributed by atoms with van der Waals surface area (Å²) < 4.78 is 14.9. The minimum absolute atomic E-state index is 0.167. The van der Waals surface area contributed by atoms with Crippen molar-refractivity contribution in [1.29, 1.82) is 0 Å². The number of nitrogens with zero attached hydrogens (tertiary/aromatic N) is 1. The minimum Gasteiger partial charge on any atom is -0.342 e. The lowest BCUT2D eigenvalue weighted by Crippen LogP contribution is -2.18. The average molecular weight is 295 g/mol. The van der Waals surface area contributed by atoms with Gasteiger partial charge < -0.3 is 4.57 Å². The number of benzene rings is 2. The molecule has 2 aromatic carbocycles. The van der Waals surface area contributed by atoms with Gasteiger partial charge in [-0.25, -0.2) is 4.39 Å². The number of ketones is 1. The molecule has 0 radical (unpaired) electrons. The molecular formula is C18H14FNO2. The van der Waals surface area contributed by atoms with Gasteiger partial charge in [-0.2, -0.15) is 0 Å². The summed E-state index contributed by atoms with van der Waals surface area (Å²) in [6.07, 6.45) is 1.58. The lowest BCUT2D eigenvalue weighted by Gasteiger charge is -2.12. The number of aromatic nitrogens is 1. The molecule has 1 aromatic heterocycles. The van der Waals surface area contributed by atoms with Gasteiger partial charge in [-0.15, -0.1) is 0 Å². The Hall–Kier alpha value is -2.75. The Kier molecular flexibility index (Phi) is 3.59. The van der Waals surface area contributed by atoms with Gasteiger partial charge in [0.2, 0.25) is 0 Å². The molecule has 0 fully saturated rings. The maximum atomic E-state index is 13.0. The van der Waals surface area contributed by atoms with Gasteiger partial charge in [0.25, 0.3) is 0 Å². The Labute approximate surface area is 126 Å². The van der Waals surface area contributed by atoms with E-state index in [1.165, 1.54) is 19.1 Å². The molecule has 0 saturated carbocycles. The lowest BCUT2D eigenvalue weighted by molar-refractivity contribution is 0.101. The van der Waals surface area contributed by atoms with Crippen LogP contribution in [-0.4, -0.2) is 10.4 Å². The summed E-state index contributed by atoms with van der Waals surface area (Å²) in [5, 5.41) is 0.511. The summed E-state index contributed by atoms with van der Waals surface area (Å²) >= 11 is 0. The molecule has 0 atom stereocenters. The number of para-hydroxylation sites is 1. The van der Waals surface area contributed by atoms with Crippen molar-refractivity contribution in [3.63, 3.8) is 0 Å². The fourth-order valence-corrected chi connectivity index (χ4v) is 2.51. The van der Waals surface area contributed by atoms with Crippen LogP contribution in [0.4, 0.5) is 4.39 Å². The summed E-state index contributed by atoms with van der Waals surface area (Å²) in [5.41, 5.74) is 1.56. The Morgan fingerprint density at radius 2 is 1.77 bits per heavy atom. The Morgan fingerprint density at radius 3 is 2.45 bits per heavy atom. The number of Topliss-reactive ketones (excluding diaryl/α,β-unsaturated/α-hetero) is 1. The number of carbonyl (C=O) groups excluding carboxylic acids is 1. The van der Waals surface area contributed by atoms with Crippen molar-refractivity contribution in [2.75, 3.05) is 0 Å². The predicted octanol–water partition coefficient (Wildman–Crippen LogP) is 3.39. The Morgan fingerprint density at radius 1 is 1.09 bits per heavy atom. The van der Waals surface area contributed by atoms with Gasteiger partial charge in [0.1, 0.15) is 5.82 Å². The van der Waals surface area contributed by atoms with Crippen LogP contribution >= 0.6 is 0 Å². The van der Waals surface area contributed by atoms with Crippen LogP contribution in [0.5, 0.6) is 0 Å². The summed E-state index contributed by atoms with van der Waals surface area (Å²) in [6, 6.07) is 13.3. The van der Waals surface area contributed by atoms with Crippen molar-refractivity contribution in [1.82, 2.24) is 4.57 Å². The monoisotopic (exact) mass is 295 g/mol. The largest absolute Gasteiger partial charge is 0.342 e. The number of halogens is 1. The number of rotatable bonds is 3. The zero-order chi connectivity index (χ0) is 15.7. The second-order valence-corrected chi connectivity index (χ2v) is 5.20. The highest BCUT2D eigenvalue weighted by molar-refractivity contribution is 5.97. The molecule has 3 aromatic rings. The van der Waals surface area contributed by atoms with Crippen LogP contribution in [0.2, 0.25) is 0 Å². The number of hydrogen-bond donors (Lipinski definition) is 0. The molecule has 1 heterocycles. The molecule has 3 nitrogen and oxygen atoms in total. The normalized spacial score (nSPS) is 10.8. The molecule has 0 unspecified atom stereocenters. The van der Waals surface area contributed by atoms with Gasteiger partial charge in [-0.3, -0.25) is 9.59 Å². The van der Waals surface area contributed by atoms with Gasteiger partial charge in [-0.05, 0) is 36.8 Å². The van der Waals surface area contributed by atoms with Crippen molar-refractivity contribution < 1.29 is 9.18 Å². The maximum absolute atomic E-state index is 13.0. The van der Waals surface area contributed by atoms with E-state index in [4.69, 9.17) is 0 Å². The fourth-order valence-electron chi connectivity index (χ4n) is 2.51. The predicted molar refractivity (Wildman–Crippen MR) is 83.7 cm³/mol. The van der Waals surface area contributed by atoms with Crippen molar-refractivity contribution >= 4 is 16.7 Å². The molecular weight excluding hydrogens is 281 g/mol. The van der Waals surface area contributed by atoms with Crippen molar-refractivity contribution in [3.8, 4) is 0 Å². The van der Waals surface area contributed by atoms with Gasteiger partial charge >= 0.3 is 0 Å². The van der Waals surface area contributed by atoms with Crippen molar-refractivity contribution in [3.05, 3.63) is 81.9 Å². The van der Waals surface area contributed by atoms with Crippen LogP contribution in [0, 0.1) is 5.82 Å². The van der Waals surface area contributed by atoms with Crippen molar-refractivity contribution in [2.24, 2.45) is 0 Å². The van der Waals surface area contributed by atoms with Crippen LogP contribution in [0.1, 0.15) is 22.8 Å². The molecule has 22 heavy (non-hydrogen) atoms. The van der Waals surface area contributed by atoms with E-state index in [0.717, 1.165) is 11.1 Å². The molecule has 0 aliphatic heterocycles. The highest BCUT2D eigenvalue weighted by atomic mass is 19.1. The van der Waals surface area contributed by atoms with Gasteiger partial charge in [-0.1, -0.05) is 24.3 Å². The fraction of sp³-hybridized carbons (Fsp3) is 0.111. The number of pyridine rings is 1. The highest BCUT2D eigenvalue weighted by Gasteiger charge is 2.12. The number of fused-ring (bicyclic) bond motifs is 1. The van der Waals surface area contributed by atoms with E-state index in [2.05, 4.69) is 0 Å². The van der Waals surface area contributed by atoms with Gasteiger partial charge in [0, 0.05) is 18.1 Å². The summed E-state index contributed by atoms with van der Waals surface area (Å²) in [6.45, 7) is 1.84. The van der Waals surface area contributed by atoms with E-state index < -0.39 is 0 Å². The van der Waals surface area contributed by atoms with E-state index in [1.807, 2.05) is 16.7 Å². The van der Waals surface area contributed by atoms with E-state index in [1.54, 1.807) is 30.5 Å². The summed E-state index contributed by atoms with van der Waals surface area (Å²) in [4.78, 5) is 24.0. The van der Waals surface area contributed by atoms with Crippen LogP contribution in [0.25, 0.3) is 10.9 Å². The van der Waals surface area contributed by atoms with Gasteiger partial charge in [0.15, 0.2) is 11.2 Å². The quantitative estimate of drug-likeness (QED) is 0.695. The number of carbonyl (C=O) groups is 1. The molecule has 0 saturated heterocycles. The van der Waals surface area contributed by atoms with Crippen LogP contribution < -0.4 is 5.43 Å². The molecule has 0 aliphatic carbocycles. The SMILES string of the molecule is CC(=O)c1cn(Cc2ccc(F)cc2)c2ccccc2c1=O. The third kappa shape index (κ3) is 2.55. The standard InChI is InChI=1S/C18H14FNO2/c1-12(21)16-11-20(10-13-6-8-14(19)9-7-13)17-5-3-2-4-15(17)18(16)22/h2-9,11H,10H2,1H3. The molecule has 0 aliphatic rings. The second kappa shape index (κ2) is 5.56. The van der Waals surface area contributed by atoms with E-state index in [0.29, 0.717) is 11.9 Å². The van der Waals surface area contributed by atoms with E-state index in [9.17, 15) is 14.0 Å². The van der Waals surface area contributed by atoms with Gasteiger partial charge in [0.05, 0.1) is 11.1 Å². The first kappa shape index (κ1) is 14.2. The summed E-state index contributed by atoms with van der Waals surface area (Å²) in [7, 11) is 0. The van der Waals surface area contributed by atoms with Crippen molar-refractivity contribution in [2.45, 2.75) is 13.5 Å². The first-order valence-corrected chi connectivity index (χ1v) is 6.94. The molecule has 0 amide bonds. The molecule has 3 rings (SSSR count). The minimum atomic E-state index is -0.294. The third-order valence-corrected chi connectivity index (χ3v) is 3.63. The first-order chi connectivity index (χ1) is 10.6. The maximum Gasteiger partial charge on any atom is 0.200 e. The zero-order valence-electron chi connectivity index (χ0n) is 12.0. The lowest BCUT2D eigenvalue weighted by atomic mass is 10.1. The van der Waals surface area contributed by atoms with Crippen LogP contribution in [0.3, 0.4) is 0 Å². The summed E-state index contributed by atoms with van der Waals surface area (Å²) in [5.74, 6) is -0.554. The second-order valence-electron chi connectivity index (χ2n) is 5.20. The average Bonchev–Trinajstić information content (AvgIpc) is 2.52. The van der Waals surface area contributed by atoms with E-state index >= 15 is 0 Å². The molecule has 0 N–H and O–H groups in total. The van der Waals surface area contributed by atoms with Crippen LogP contribution in [0.15, 0.2) is 59.5 Å². The molecule has 110 valence electrons. The smallest absolute Gasteiger partial charge is 0.200 e.